The van der Waals surface area contributed by atoms with Crippen LogP contribution in [0.1, 0.15) is 5.56 Å². The van der Waals surface area contributed by atoms with Gasteiger partial charge in [-0.15, -0.1) is 21.8 Å². The molecule has 0 saturated carbocycles. The smallest absolute Gasteiger partial charge is 0.123 e. The van der Waals surface area contributed by atoms with Gasteiger partial charge in [-0.25, -0.2) is 4.39 Å². The summed E-state index contributed by atoms with van der Waals surface area (Å²) in [6.45, 7) is 2.31. The molecule has 1 aromatic heterocycles. The van der Waals surface area contributed by atoms with Crippen molar-refractivity contribution >= 4 is 28.3 Å². The van der Waals surface area contributed by atoms with Crippen molar-refractivity contribution in [3.8, 4) is 5.69 Å². The molecule has 1 heterocycles. The van der Waals surface area contributed by atoms with Gasteiger partial charge in [0, 0.05) is 12.2 Å². The zero-order chi connectivity index (χ0) is 16.4. The predicted octanol–water partition coefficient (Wildman–Crippen LogP) is 2.88. The van der Waals surface area contributed by atoms with E-state index in [9.17, 15) is 9.50 Å². The van der Waals surface area contributed by atoms with Crippen LogP contribution in [-0.2, 0) is 0 Å². The third-order valence-electron chi connectivity index (χ3n) is 3.49. The topological polar surface area (TPSA) is 63.0 Å². The minimum atomic E-state index is -0.610. The largest absolute Gasteiger partial charge is 0.390 e. The quantitative estimate of drug-likeness (QED) is 0.704. The van der Waals surface area contributed by atoms with Gasteiger partial charge >= 0.3 is 0 Å². The highest BCUT2D eigenvalue weighted by Gasteiger charge is 2.09. The number of hydrogen-bond donors (Lipinski definition) is 2. The summed E-state index contributed by atoms with van der Waals surface area (Å²) in [6, 6.07) is 9.77. The maximum Gasteiger partial charge on any atom is 0.123 e. The van der Waals surface area contributed by atoms with E-state index >= 15 is 0 Å². The van der Waals surface area contributed by atoms with Crippen LogP contribution in [-0.4, -0.2) is 38.6 Å². The molecule has 2 N–H and O–H groups in total. The summed E-state index contributed by atoms with van der Waals surface area (Å²) in [5.74, 6) is -0.125. The first-order chi connectivity index (χ1) is 11.1. The molecule has 7 heteroatoms. The molecular weight excluding hydrogens is 319 g/mol. The van der Waals surface area contributed by atoms with Crippen LogP contribution in [0.4, 0.5) is 10.1 Å². The number of hydrogen-bond acceptors (Lipinski definition) is 4. The number of alkyl halides is 1. The lowest BCUT2D eigenvalue weighted by Crippen LogP contribution is -2.21. The zero-order valence-electron chi connectivity index (χ0n) is 12.5. The molecule has 120 valence electrons. The Bertz CT molecular complexity index is 819. The number of aliphatic hydroxyl groups excluding tert-OH is 1. The molecule has 3 aromatic rings. The monoisotopic (exact) mass is 334 g/mol. The van der Waals surface area contributed by atoms with Crippen molar-refractivity contribution in [3.05, 3.63) is 47.8 Å². The summed E-state index contributed by atoms with van der Waals surface area (Å²) in [5, 5.41) is 21.5. The molecule has 0 radical (unpaired) electrons. The van der Waals surface area contributed by atoms with E-state index in [0.29, 0.717) is 17.7 Å². The standard InChI is InChI=1S/C16H16ClFN4O/c1-10-6-15-16(7-14(10)19-9-13(23)8-17)21-22(20-15)12-4-2-11(18)3-5-12/h2-7,13,19,23H,8-9H2,1H3. The van der Waals surface area contributed by atoms with Crippen molar-refractivity contribution < 1.29 is 9.50 Å². The first-order valence-electron chi connectivity index (χ1n) is 7.18. The molecule has 1 atom stereocenters. The lowest BCUT2D eigenvalue weighted by molar-refractivity contribution is 0.211. The molecule has 0 aliphatic rings. The minimum absolute atomic E-state index is 0.176. The molecule has 23 heavy (non-hydrogen) atoms. The van der Waals surface area contributed by atoms with E-state index in [2.05, 4.69) is 15.5 Å². The highest BCUT2D eigenvalue weighted by atomic mass is 35.5. The molecule has 0 amide bonds. The first-order valence-corrected chi connectivity index (χ1v) is 7.72. The minimum Gasteiger partial charge on any atom is -0.390 e. The lowest BCUT2D eigenvalue weighted by atomic mass is 10.1. The molecular formula is C16H16ClFN4O. The second-order valence-electron chi connectivity index (χ2n) is 5.31. The maximum absolute atomic E-state index is 13.0. The van der Waals surface area contributed by atoms with Crippen molar-refractivity contribution in [2.24, 2.45) is 0 Å². The van der Waals surface area contributed by atoms with E-state index in [1.165, 1.54) is 16.9 Å². The second kappa shape index (κ2) is 6.52. The average molecular weight is 335 g/mol. The van der Waals surface area contributed by atoms with E-state index in [4.69, 9.17) is 11.6 Å². The van der Waals surface area contributed by atoms with Crippen molar-refractivity contribution in [2.45, 2.75) is 13.0 Å². The van der Waals surface area contributed by atoms with Crippen molar-refractivity contribution in [1.29, 1.82) is 0 Å². The molecule has 0 aliphatic carbocycles. The Morgan fingerprint density at radius 2 is 1.87 bits per heavy atom. The van der Waals surface area contributed by atoms with Crippen LogP contribution in [0.15, 0.2) is 36.4 Å². The Morgan fingerprint density at radius 3 is 2.52 bits per heavy atom. The predicted molar refractivity (Wildman–Crippen MR) is 88.8 cm³/mol. The van der Waals surface area contributed by atoms with Gasteiger partial charge in [-0.2, -0.15) is 4.80 Å². The van der Waals surface area contributed by atoms with E-state index < -0.39 is 6.10 Å². The third-order valence-corrected chi connectivity index (χ3v) is 3.85. The molecule has 1 unspecified atom stereocenters. The summed E-state index contributed by atoms with van der Waals surface area (Å²) in [6.07, 6.45) is -0.610. The number of nitrogens with zero attached hydrogens (tertiary/aromatic N) is 3. The Hall–Kier alpha value is -2.18. The number of halogens is 2. The molecule has 0 saturated heterocycles. The SMILES string of the molecule is Cc1cc2nn(-c3ccc(F)cc3)nc2cc1NCC(O)CCl. The lowest BCUT2D eigenvalue weighted by Gasteiger charge is -2.11. The van der Waals surface area contributed by atoms with E-state index in [-0.39, 0.29) is 11.7 Å². The fraction of sp³-hybridized carbons (Fsp3) is 0.250. The first kappa shape index (κ1) is 15.7. The summed E-state index contributed by atoms with van der Waals surface area (Å²) >= 11 is 5.59. The van der Waals surface area contributed by atoms with Gasteiger partial charge in [0.05, 0.1) is 17.7 Å². The molecule has 0 bridgehead atoms. The highest BCUT2D eigenvalue weighted by molar-refractivity contribution is 6.18. The number of aromatic nitrogens is 3. The van der Waals surface area contributed by atoms with Crippen LogP contribution < -0.4 is 5.32 Å². The van der Waals surface area contributed by atoms with Crippen LogP contribution in [0.5, 0.6) is 0 Å². The van der Waals surface area contributed by atoms with E-state index in [0.717, 1.165) is 16.8 Å². The van der Waals surface area contributed by atoms with Crippen LogP contribution >= 0.6 is 11.6 Å². The number of nitrogens with one attached hydrogen (secondary N) is 1. The van der Waals surface area contributed by atoms with Gasteiger partial charge in [0.2, 0.25) is 0 Å². The van der Waals surface area contributed by atoms with Crippen LogP contribution in [0.25, 0.3) is 16.7 Å². The molecule has 3 rings (SSSR count). The molecule has 2 aromatic carbocycles. The maximum atomic E-state index is 13.0. The molecule has 5 nitrogen and oxygen atoms in total. The molecule has 0 fully saturated rings. The zero-order valence-corrected chi connectivity index (χ0v) is 13.3. The van der Waals surface area contributed by atoms with E-state index in [1.54, 1.807) is 12.1 Å². The van der Waals surface area contributed by atoms with Crippen molar-refractivity contribution in [2.75, 3.05) is 17.7 Å². The van der Waals surface area contributed by atoms with Gasteiger partial charge in [0.15, 0.2) is 0 Å². The Balaban J connectivity index is 1.92. The van der Waals surface area contributed by atoms with Gasteiger partial charge in [0.25, 0.3) is 0 Å². The number of fused-ring (bicyclic) bond motifs is 1. The fourth-order valence-corrected chi connectivity index (χ4v) is 2.34. The van der Waals surface area contributed by atoms with Crippen LogP contribution in [0, 0.1) is 12.7 Å². The Kier molecular flexibility index (Phi) is 4.45. The third kappa shape index (κ3) is 3.43. The van der Waals surface area contributed by atoms with Gasteiger partial charge in [-0.05, 0) is 48.9 Å². The number of anilines is 1. The second-order valence-corrected chi connectivity index (χ2v) is 5.62. The summed E-state index contributed by atoms with van der Waals surface area (Å²) in [7, 11) is 0. The average Bonchev–Trinajstić information content (AvgIpc) is 2.95. The van der Waals surface area contributed by atoms with Crippen molar-refractivity contribution in [3.63, 3.8) is 0 Å². The normalized spacial score (nSPS) is 12.5. The Morgan fingerprint density at radius 1 is 1.22 bits per heavy atom. The summed E-state index contributed by atoms with van der Waals surface area (Å²) in [5.41, 5.74) is 4.00. The van der Waals surface area contributed by atoms with Crippen molar-refractivity contribution in [1.82, 2.24) is 15.0 Å². The number of rotatable bonds is 5. The van der Waals surface area contributed by atoms with Gasteiger partial charge in [-0.3, -0.25) is 0 Å². The van der Waals surface area contributed by atoms with Gasteiger partial charge < -0.3 is 10.4 Å². The molecule has 0 aliphatic heterocycles. The summed E-state index contributed by atoms with van der Waals surface area (Å²) < 4.78 is 13.0. The number of aliphatic hydroxyl groups is 1. The Labute approximate surface area is 137 Å². The van der Waals surface area contributed by atoms with Crippen LogP contribution in [0.2, 0.25) is 0 Å². The van der Waals surface area contributed by atoms with Gasteiger partial charge in [-0.1, -0.05) is 0 Å². The highest BCUT2D eigenvalue weighted by Crippen LogP contribution is 2.22. The van der Waals surface area contributed by atoms with E-state index in [1.807, 2.05) is 19.1 Å². The van der Waals surface area contributed by atoms with Gasteiger partial charge in [0.1, 0.15) is 16.9 Å². The van der Waals surface area contributed by atoms with Crippen LogP contribution in [0.3, 0.4) is 0 Å². The summed E-state index contributed by atoms with van der Waals surface area (Å²) in [4.78, 5) is 1.47. The number of benzene rings is 2. The molecule has 0 spiro atoms. The fourth-order valence-electron chi connectivity index (χ4n) is 2.23. The number of aryl methyl sites for hydroxylation is 1.